The molecular weight excluding hydrogens is 237 g/mol. The maximum absolute atomic E-state index is 12.0. The molecule has 1 N–H and O–H groups in total. The molecule has 0 aromatic carbocycles. The van der Waals surface area contributed by atoms with E-state index in [1.807, 2.05) is 0 Å². The normalized spacial score (nSPS) is 11.7. The minimum atomic E-state index is -4.44. The number of tetrazole rings is 1. The Bertz CT molecular complexity index is 352. The number of carbonyl (C=O) groups is 1. The van der Waals surface area contributed by atoms with Gasteiger partial charge in [0, 0.05) is 0 Å². The van der Waals surface area contributed by atoms with Gasteiger partial charge in [-0.05, 0) is 10.4 Å². The van der Waals surface area contributed by atoms with Crippen molar-refractivity contribution in [3.05, 3.63) is 0 Å². The van der Waals surface area contributed by atoms with Gasteiger partial charge < -0.3 is 5.11 Å². The number of aromatic nitrogens is 4. The van der Waals surface area contributed by atoms with Crippen LogP contribution in [0, 0.1) is 0 Å². The number of alkyl halides is 3. The van der Waals surface area contributed by atoms with E-state index in [4.69, 9.17) is 5.11 Å². The Hall–Kier alpha value is -1.32. The monoisotopic (exact) mass is 242 g/mol. The van der Waals surface area contributed by atoms with Crippen LogP contribution in [0.3, 0.4) is 0 Å². The van der Waals surface area contributed by atoms with Gasteiger partial charge in [0.25, 0.3) is 0 Å². The number of carboxylic acids is 1. The summed E-state index contributed by atoms with van der Waals surface area (Å²) in [5.74, 6) is -1.54. The summed E-state index contributed by atoms with van der Waals surface area (Å²) in [6, 6.07) is 0. The van der Waals surface area contributed by atoms with E-state index in [2.05, 4.69) is 15.5 Å². The van der Waals surface area contributed by atoms with E-state index in [0.29, 0.717) is 16.4 Å². The molecule has 0 atom stereocenters. The summed E-state index contributed by atoms with van der Waals surface area (Å²) in [7, 11) is 0. The quantitative estimate of drug-likeness (QED) is 0.770. The molecule has 84 valence electrons. The molecule has 1 aromatic rings. The topological polar surface area (TPSA) is 80.9 Å². The summed E-state index contributed by atoms with van der Waals surface area (Å²) in [6.07, 6.45) is -4.44. The smallest absolute Gasteiger partial charge is 0.408 e. The maximum atomic E-state index is 12.0. The molecule has 0 aliphatic heterocycles. The lowest BCUT2D eigenvalue weighted by molar-refractivity contribution is -0.144. The van der Waals surface area contributed by atoms with Crippen molar-refractivity contribution in [2.24, 2.45) is 0 Å². The van der Waals surface area contributed by atoms with Gasteiger partial charge in [-0.25, -0.2) is 4.68 Å². The Morgan fingerprint density at radius 1 is 1.53 bits per heavy atom. The Balaban J connectivity index is 2.65. The third-order valence-electron chi connectivity index (χ3n) is 1.15. The van der Waals surface area contributed by atoms with Crippen molar-refractivity contribution >= 4 is 17.7 Å². The van der Waals surface area contributed by atoms with Crippen molar-refractivity contribution in [1.82, 2.24) is 20.2 Å². The fraction of sp³-hybridized carbons (Fsp3) is 0.600. The minimum absolute atomic E-state index is 0.172. The van der Waals surface area contributed by atoms with Crippen molar-refractivity contribution in [1.29, 1.82) is 0 Å². The van der Waals surface area contributed by atoms with Crippen LogP contribution in [-0.2, 0) is 11.3 Å². The molecule has 6 nitrogen and oxygen atoms in total. The molecule has 0 saturated heterocycles. The molecule has 0 radical (unpaired) electrons. The van der Waals surface area contributed by atoms with Gasteiger partial charge in [0.2, 0.25) is 5.16 Å². The molecule has 1 aromatic heterocycles. The summed E-state index contributed by atoms with van der Waals surface area (Å²) < 4.78 is 36.4. The first-order valence-corrected chi connectivity index (χ1v) is 4.54. The van der Waals surface area contributed by atoms with Gasteiger partial charge in [0.05, 0.1) is 5.75 Å². The van der Waals surface area contributed by atoms with Crippen LogP contribution in [0.5, 0.6) is 0 Å². The molecule has 15 heavy (non-hydrogen) atoms. The zero-order valence-electron chi connectivity index (χ0n) is 7.10. The van der Waals surface area contributed by atoms with Crippen molar-refractivity contribution in [3.8, 4) is 0 Å². The van der Waals surface area contributed by atoms with Crippen LogP contribution in [0.15, 0.2) is 5.16 Å². The predicted octanol–water partition coefficient (Wildman–Crippen LogP) is 0.412. The zero-order chi connectivity index (χ0) is 11.5. The van der Waals surface area contributed by atoms with Crippen molar-refractivity contribution in [2.45, 2.75) is 17.9 Å². The van der Waals surface area contributed by atoms with Crippen molar-refractivity contribution in [3.63, 3.8) is 0 Å². The van der Waals surface area contributed by atoms with Crippen LogP contribution in [0.4, 0.5) is 13.2 Å². The Morgan fingerprint density at radius 2 is 2.20 bits per heavy atom. The number of rotatable bonds is 4. The fourth-order valence-electron chi connectivity index (χ4n) is 0.695. The molecule has 10 heteroatoms. The Kier molecular flexibility index (Phi) is 3.50. The molecule has 0 unspecified atom stereocenters. The second-order valence-electron chi connectivity index (χ2n) is 2.42. The van der Waals surface area contributed by atoms with Gasteiger partial charge >= 0.3 is 12.1 Å². The number of hydrogen-bond donors (Lipinski definition) is 1. The van der Waals surface area contributed by atoms with Crippen LogP contribution < -0.4 is 0 Å². The van der Waals surface area contributed by atoms with Gasteiger partial charge in [-0.2, -0.15) is 13.2 Å². The lowest BCUT2D eigenvalue weighted by atomic mass is 10.6. The van der Waals surface area contributed by atoms with E-state index in [1.54, 1.807) is 0 Å². The maximum Gasteiger partial charge on any atom is 0.408 e. The van der Waals surface area contributed by atoms with Crippen molar-refractivity contribution < 1.29 is 23.1 Å². The number of carboxylic acid groups (broad SMARTS) is 1. The number of hydrogen-bond acceptors (Lipinski definition) is 5. The number of nitrogens with zero attached hydrogens (tertiary/aromatic N) is 4. The van der Waals surface area contributed by atoms with Crippen LogP contribution in [0.2, 0.25) is 0 Å². The van der Waals surface area contributed by atoms with Crippen LogP contribution >= 0.6 is 11.8 Å². The highest BCUT2D eigenvalue weighted by Gasteiger charge is 2.30. The lowest BCUT2D eigenvalue weighted by Gasteiger charge is -2.06. The van der Waals surface area contributed by atoms with Gasteiger partial charge in [-0.15, -0.1) is 5.10 Å². The summed E-state index contributed by atoms with van der Waals surface area (Å²) in [5, 5.41) is 17.6. The van der Waals surface area contributed by atoms with Crippen LogP contribution in [0.25, 0.3) is 0 Å². The highest BCUT2D eigenvalue weighted by atomic mass is 32.2. The van der Waals surface area contributed by atoms with Crippen LogP contribution in [0.1, 0.15) is 0 Å². The Labute approximate surface area is 85.5 Å². The summed E-state index contributed by atoms with van der Waals surface area (Å²) in [5.41, 5.74) is 0. The van der Waals surface area contributed by atoms with E-state index in [0.717, 1.165) is 0 Å². The second-order valence-corrected chi connectivity index (χ2v) is 3.36. The molecule has 1 heterocycles. The number of thioether (sulfide) groups is 1. The minimum Gasteiger partial charge on any atom is -0.481 e. The highest BCUT2D eigenvalue weighted by Crippen LogP contribution is 2.20. The highest BCUT2D eigenvalue weighted by molar-refractivity contribution is 7.99. The largest absolute Gasteiger partial charge is 0.481 e. The van der Waals surface area contributed by atoms with E-state index in [-0.39, 0.29) is 5.16 Å². The molecule has 0 fully saturated rings. The van der Waals surface area contributed by atoms with E-state index >= 15 is 0 Å². The Morgan fingerprint density at radius 3 is 2.73 bits per heavy atom. The standard InChI is InChI=1S/C5H5F3N4O2S/c6-5(7,8)2-12-4(9-10-11-12)15-1-3(13)14/h1-2H2,(H,13,14). The first-order valence-electron chi connectivity index (χ1n) is 3.56. The molecule has 0 spiro atoms. The number of aliphatic carboxylic acids is 1. The SMILES string of the molecule is O=C(O)CSc1nnnn1CC(F)(F)F. The van der Waals surface area contributed by atoms with Gasteiger partial charge in [0.1, 0.15) is 6.54 Å². The third kappa shape index (κ3) is 4.14. The summed E-state index contributed by atoms with van der Waals surface area (Å²) >= 11 is 0.630. The average molecular weight is 242 g/mol. The molecule has 0 aliphatic carbocycles. The summed E-state index contributed by atoms with van der Waals surface area (Å²) in [6.45, 7) is -1.33. The average Bonchev–Trinajstić information content (AvgIpc) is 2.45. The lowest BCUT2D eigenvalue weighted by Crippen LogP contribution is -2.19. The van der Waals surface area contributed by atoms with E-state index in [9.17, 15) is 18.0 Å². The molecule has 0 amide bonds. The second kappa shape index (κ2) is 4.47. The predicted molar refractivity (Wildman–Crippen MR) is 42.2 cm³/mol. The number of halogens is 3. The molecule has 0 saturated carbocycles. The molecule has 1 rings (SSSR count). The summed E-state index contributed by atoms with van der Waals surface area (Å²) in [4.78, 5) is 10.2. The van der Waals surface area contributed by atoms with Crippen molar-refractivity contribution in [2.75, 3.05) is 5.75 Å². The van der Waals surface area contributed by atoms with E-state index < -0.39 is 24.4 Å². The molecule has 0 bridgehead atoms. The van der Waals surface area contributed by atoms with E-state index in [1.165, 1.54) is 0 Å². The van der Waals surface area contributed by atoms with Gasteiger partial charge in [0.15, 0.2) is 0 Å². The fourth-order valence-corrected chi connectivity index (χ4v) is 1.29. The first kappa shape index (κ1) is 11.8. The molecule has 0 aliphatic rings. The van der Waals surface area contributed by atoms with Gasteiger partial charge in [-0.1, -0.05) is 11.8 Å². The van der Waals surface area contributed by atoms with Crippen LogP contribution in [-0.4, -0.2) is 43.2 Å². The third-order valence-corrected chi connectivity index (χ3v) is 2.09. The first-order chi connectivity index (χ1) is 6.88. The molecular formula is C5H5F3N4O2S. The zero-order valence-corrected chi connectivity index (χ0v) is 7.92. The van der Waals surface area contributed by atoms with Gasteiger partial charge in [-0.3, -0.25) is 4.79 Å².